The van der Waals surface area contributed by atoms with Gasteiger partial charge in [-0.1, -0.05) is 6.07 Å². The Morgan fingerprint density at radius 3 is 2.71 bits per heavy atom. The molecule has 1 aromatic carbocycles. The van der Waals surface area contributed by atoms with Crippen LogP contribution in [0.4, 0.5) is 0 Å². The van der Waals surface area contributed by atoms with Crippen LogP contribution in [0, 0.1) is 5.92 Å². The molecule has 5 nitrogen and oxygen atoms in total. The number of sulfonamides is 1. The van der Waals surface area contributed by atoms with Crippen LogP contribution in [0.3, 0.4) is 0 Å². The Balaban J connectivity index is 1.81. The van der Waals surface area contributed by atoms with E-state index in [0.29, 0.717) is 30.9 Å². The highest BCUT2D eigenvalue weighted by Crippen LogP contribution is 2.28. The minimum Gasteiger partial charge on any atom is -0.466 e. The van der Waals surface area contributed by atoms with Crippen LogP contribution in [-0.4, -0.2) is 38.4 Å². The van der Waals surface area contributed by atoms with Crippen LogP contribution in [0.1, 0.15) is 43.7 Å². The van der Waals surface area contributed by atoms with Crippen molar-refractivity contribution in [2.45, 2.75) is 50.3 Å². The lowest BCUT2D eigenvalue weighted by atomic mass is 9.92. The first kappa shape index (κ1) is 17.4. The van der Waals surface area contributed by atoms with E-state index in [1.54, 1.807) is 13.0 Å². The molecule has 1 atom stereocenters. The molecular formula is C18H25NO4S. The van der Waals surface area contributed by atoms with Gasteiger partial charge in [-0.2, -0.15) is 4.31 Å². The molecule has 0 spiro atoms. The number of aryl methyl sites for hydroxylation is 2. The van der Waals surface area contributed by atoms with Crippen LogP contribution in [-0.2, 0) is 32.4 Å². The highest BCUT2D eigenvalue weighted by Gasteiger charge is 2.34. The number of ether oxygens (including phenoxy) is 1. The molecule has 1 heterocycles. The topological polar surface area (TPSA) is 63.7 Å². The molecule has 1 saturated heterocycles. The first-order valence-corrected chi connectivity index (χ1v) is 10.2. The van der Waals surface area contributed by atoms with Gasteiger partial charge in [0.2, 0.25) is 10.0 Å². The predicted molar refractivity (Wildman–Crippen MR) is 91.2 cm³/mol. The molecule has 0 saturated carbocycles. The second kappa shape index (κ2) is 7.23. The molecule has 0 amide bonds. The summed E-state index contributed by atoms with van der Waals surface area (Å²) in [4.78, 5) is 12.3. The van der Waals surface area contributed by atoms with E-state index in [0.717, 1.165) is 24.8 Å². The van der Waals surface area contributed by atoms with Crippen LogP contribution >= 0.6 is 0 Å². The van der Waals surface area contributed by atoms with Gasteiger partial charge in [-0.15, -0.1) is 0 Å². The maximum Gasteiger partial charge on any atom is 0.310 e. The third-order valence-corrected chi connectivity index (χ3v) is 6.82. The predicted octanol–water partition coefficient (Wildman–Crippen LogP) is 2.53. The summed E-state index contributed by atoms with van der Waals surface area (Å²) in [6.07, 6.45) is 5.65. The number of rotatable bonds is 4. The molecule has 132 valence electrons. The molecule has 24 heavy (non-hydrogen) atoms. The fourth-order valence-electron chi connectivity index (χ4n) is 3.63. The molecule has 6 heteroatoms. The van der Waals surface area contributed by atoms with Crippen molar-refractivity contribution in [3.63, 3.8) is 0 Å². The summed E-state index contributed by atoms with van der Waals surface area (Å²) < 4.78 is 32.5. The van der Waals surface area contributed by atoms with Crippen molar-refractivity contribution in [2.75, 3.05) is 19.7 Å². The second-order valence-electron chi connectivity index (χ2n) is 6.59. The third-order valence-electron chi connectivity index (χ3n) is 4.96. The Bertz CT molecular complexity index is 714. The fraction of sp³-hybridized carbons (Fsp3) is 0.611. The van der Waals surface area contributed by atoms with Crippen LogP contribution < -0.4 is 0 Å². The Morgan fingerprint density at radius 1 is 1.21 bits per heavy atom. The number of nitrogens with zero attached hydrogens (tertiary/aromatic N) is 1. The maximum absolute atomic E-state index is 13.0. The van der Waals surface area contributed by atoms with E-state index in [2.05, 4.69) is 0 Å². The minimum atomic E-state index is -3.55. The number of hydrogen-bond acceptors (Lipinski definition) is 4. The van der Waals surface area contributed by atoms with Crippen LogP contribution in [0.25, 0.3) is 0 Å². The van der Waals surface area contributed by atoms with E-state index >= 15 is 0 Å². The Hall–Kier alpha value is -1.40. The van der Waals surface area contributed by atoms with Gasteiger partial charge < -0.3 is 4.74 Å². The van der Waals surface area contributed by atoms with Crippen molar-refractivity contribution in [1.82, 2.24) is 4.31 Å². The molecule has 1 fully saturated rings. The summed E-state index contributed by atoms with van der Waals surface area (Å²) in [6, 6.07) is 5.50. The zero-order valence-electron chi connectivity index (χ0n) is 14.2. The van der Waals surface area contributed by atoms with Crippen molar-refractivity contribution < 1.29 is 17.9 Å². The van der Waals surface area contributed by atoms with Crippen LogP contribution in [0.15, 0.2) is 23.1 Å². The average Bonchev–Trinajstić information content (AvgIpc) is 2.61. The number of esters is 1. The summed E-state index contributed by atoms with van der Waals surface area (Å²) >= 11 is 0. The second-order valence-corrected chi connectivity index (χ2v) is 8.53. The number of carbonyl (C=O) groups excluding carboxylic acids is 1. The van der Waals surface area contributed by atoms with Crippen molar-refractivity contribution >= 4 is 16.0 Å². The van der Waals surface area contributed by atoms with E-state index < -0.39 is 10.0 Å². The molecule has 0 unspecified atom stereocenters. The average molecular weight is 351 g/mol. The lowest BCUT2D eigenvalue weighted by Crippen LogP contribution is -2.42. The van der Waals surface area contributed by atoms with Gasteiger partial charge in [0, 0.05) is 13.1 Å². The molecule has 0 radical (unpaired) electrons. The number of hydrogen-bond donors (Lipinski definition) is 0. The van der Waals surface area contributed by atoms with Gasteiger partial charge in [0.25, 0.3) is 0 Å². The zero-order valence-corrected chi connectivity index (χ0v) is 15.0. The minimum absolute atomic E-state index is 0.220. The van der Waals surface area contributed by atoms with Crippen molar-refractivity contribution in [2.24, 2.45) is 5.92 Å². The van der Waals surface area contributed by atoms with E-state index in [1.165, 1.54) is 16.3 Å². The summed E-state index contributed by atoms with van der Waals surface area (Å²) in [5, 5.41) is 0. The largest absolute Gasteiger partial charge is 0.466 e. The van der Waals surface area contributed by atoms with Gasteiger partial charge in [0.1, 0.15) is 0 Å². The third kappa shape index (κ3) is 3.49. The highest BCUT2D eigenvalue weighted by molar-refractivity contribution is 7.89. The van der Waals surface area contributed by atoms with Gasteiger partial charge in [-0.05, 0) is 68.7 Å². The SMILES string of the molecule is CCOC(=O)[C@H]1CCCN(S(=O)(=O)c2ccc3c(c2)CCCC3)C1. The van der Waals surface area contributed by atoms with E-state index in [9.17, 15) is 13.2 Å². The lowest BCUT2D eigenvalue weighted by Gasteiger charge is -2.31. The molecule has 0 N–H and O–H groups in total. The molecule has 0 bridgehead atoms. The van der Waals surface area contributed by atoms with Gasteiger partial charge in [0.05, 0.1) is 17.4 Å². The Kier molecular flexibility index (Phi) is 5.25. The molecule has 2 aliphatic rings. The van der Waals surface area contributed by atoms with Gasteiger partial charge in [-0.3, -0.25) is 4.79 Å². The highest BCUT2D eigenvalue weighted by atomic mass is 32.2. The summed E-state index contributed by atoms with van der Waals surface area (Å²) in [5.74, 6) is -0.644. The molecule has 1 aliphatic heterocycles. The number of benzene rings is 1. The number of piperidine rings is 1. The van der Waals surface area contributed by atoms with Crippen LogP contribution in [0.2, 0.25) is 0 Å². The van der Waals surface area contributed by atoms with Crippen molar-refractivity contribution in [3.05, 3.63) is 29.3 Å². The molecular weight excluding hydrogens is 326 g/mol. The Morgan fingerprint density at radius 2 is 1.96 bits per heavy atom. The quantitative estimate of drug-likeness (QED) is 0.782. The van der Waals surface area contributed by atoms with Gasteiger partial charge >= 0.3 is 5.97 Å². The molecule has 0 aromatic heterocycles. The summed E-state index contributed by atoms with van der Waals surface area (Å²) in [6.45, 7) is 2.78. The molecule has 3 rings (SSSR count). The van der Waals surface area contributed by atoms with E-state index in [1.807, 2.05) is 12.1 Å². The monoisotopic (exact) mass is 351 g/mol. The first-order chi connectivity index (χ1) is 11.5. The number of fused-ring (bicyclic) bond motifs is 1. The van der Waals surface area contributed by atoms with E-state index in [-0.39, 0.29) is 18.4 Å². The molecule has 1 aliphatic carbocycles. The van der Waals surface area contributed by atoms with Crippen molar-refractivity contribution in [3.8, 4) is 0 Å². The van der Waals surface area contributed by atoms with Gasteiger partial charge in [-0.25, -0.2) is 8.42 Å². The summed E-state index contributed by atoms with van der Waals surface area (Å²) in [5.41, 5.74) is 2.42. The lowest BCUT2D eigenvalue weighted by molar-refractivity contribution is -0.149. The summed E-state index contributed by atoms with van der Waals surface area (Å²) in [7, 11) is -3.55. The number of carbonyl (C=O) groups is 1. The first-order valence-electron chi connectivity index (χ1n) is 8.81. The molecule has 1 aromatic rings. The van der Waals surface area contributed by atoms with Crippen LogP contribution in [0.5, 0.6) is 0 Å². The zero-order chi connectivity index (χ0) is 17.2. The van der Waals surface area contributed by atoms with E-state index in [4.69, 9.17) is 4.74 Å². The normalized spacial score (nSPS) is 22.0. The van der Waals surface area contributed by atoms with Crippen molar-refractivity contribution in [1.29, 1.82) is 0 Å². The standard InChI is InChI=1S/C18H25NO4S/c1-2-23-18(20)16-8-5-11-19(13-16)24(21,22)17-10-9-14-6-3-4-7-15(14)12-17/h9-10,12,16H,2-8,11,13H2,1H3/t16-/m0/s1. The fourth-order valence-corrected chi connectivity index (χ4v) is 5.21. The smallest absolute Gasteiger partial charge is 0.310 e. The van der Waals surface area contributed by atoms with Gasteiger partial charge in [0.15, 0.2) is 0 Å². The Labute approximate surface area is 144 Å². The maximum atomic E-state index is 13.0.